The van der Waals surface area contributed by atoms with Gasteiger partial charge in [-0.05, 0) is 42.0 Å². The second-order valence-electron chi connectivity index (χ2n) is 6.31. The van der Waals surface area contributed by atoms with Crippen molar-refractivity contribution in [3.8, 4) is 0 Å². The number of carbonyl (C=O) groups excluding carboxylic acids is 2. The zero-order chi connectivity index (χ0) is 20.6. The van der Waals surface area contributed by atoms with Gasteiger partial charge in [0.2, 0.25) is 5.91 Å². The molecule has 0 saturated carbocycles. The number of anilines is 2. The molecule has 0 saturated heterocycles. The first kappa shape index (κ1) is 20.7. The highest BCUT2D eigenvalue weighted by atomic mass is 35.5. The molecule has 0 heterocycles. The second kappa shape index (κ2) is 9.96. The number of carbonyl (C=O) groups is 2. The standard InChI is InChI=1S/C22H19Cl2N3O2/c23-17-10-18(24)12-20(11-17)27-21(28)14-25-19-8-4-7-16(9-19)22(29)26-13-15-5-2-1-3-6-15/h1-12,25H,13-14H2,(H,26,29)(H,27,28). The molecule has 0 bridgehead atoms. The number of hydrogen-bond donors (Lipinski definition) is 3. The normalized spacial score (nSPS) is 10.3. The van der Waals surface area contributed by atoms with Crippen molar-refractivity contribution in [3.05, 3.63) is 94.0 Å². The fourth-order valence-electron chi connectivity index (χ4n) is 2.66. The van der Waals surface area contributed by atoms with Gasteiger partial charge in [-0.1, -0.05) is 59.6 Å². The summed E-state index contributed by atoms with van der Waals surface area (Å²) >= 11 is 11.9. The zero-order valence-electron chi connectivity index (χ0n) is 15.4. The Bertz CT molecular complexity index is 990. The van der Waals surface area contributed by atoms with Crippen LogP contribution < -0.4 is 16.0 Å². The van der Waals surface area contributed by atoms with Gasteiger partial charge in [-0.3, -0.25) is 9.59 Å². The van der Waals surface area contributed by atoms with E-state index in [9.17, 15) is 9.59 Å². The van der Waals surface area contributed by atoms with Crippen LogP contribution in [0.15, 0.2) is 72.8 Å². The minimum atomic E-state index is -0.262. The van der Waals surface area contributed by atoms with E-state index >= 15 is 0 Å². The van der Waals surface area contributed by atoms with E-state index in [1.165, 1.54) is 0 Å². The fourth-order valence-corrected chi connectivity index (χ4v) is 3.19. The summed E-state index contributed by atoms with van der Waals surface area (Å²) in [7, 11) is 0. The number of benzene rings is 3. The second-order valence-corrected chi connectivity index (χ2v) is 7.18. The Hall–Kier alpha value is -3.02. The third-order valence-corrected chi connectivity index (χ3v) is 4.46. The number of halogens is 2. The lowest BCUT2D eigenvalue weighted by molar-refractivity contribution is -0.114. The van der Waals surface area contributed by atoms with Gasteiger partial charge in [0.25, 0.3) is 5.91 Å². The summed E-state index contributed by atoms with van der Waals surface area (Å²) < 4.78 is 0. The molecule has 0 aliphatic rings. The molecule has 29 heavy (non-hydrogen) atoms. The van der Waals surface area contributed by atoms with Gasteiger partial charge in [-0.25, -0.2) is 0 Å². The van der Waals surface area contributed by atoms with Gasteiger partial charge in [0, 0.05) is 33.5 Å². The molecule has 0 unspecified atom stereocenters. The van der Waals surface area contributed by atoms with Gasteiger partial charge in [-0.2, -0.15) is 0 Å². The van der Waals surface area contributed by atoms with Gasteiger partial charge >= 0.3 is 0 Å². The predicted molar refractivity (Wildman–Crippen MR) is 118 cm³/mol. The van der Waals surface area contributed by atoms with Crippen LogP contribution in [0.3, 0.4) is 0 Å². The lowest BCUT2D eigenvalue weighted by Crippen LogP contribution is -2.23. The van der Waals surface area contributed by atoms with Crippen LogP contribution in [0, 0.1) is 0 Å². The summed E-state index contributed by atoms with van der Waals surface area (Å²) in [6, 6.07) is 21.5. The Balaban J connectivity index is 1.53. The molecule has 0 aliphatic carbocycles. The largest absolute Gasteiger partial charge is 0.376 e. The first-order valence-corrected chi connectivity index (χ1v) is 9.67. The summed E-state index contributed by atoms with van der Waals surface area (Å²) in [5.74, 6) is -0.446. The molecule has 3 aromatic carbocycles. The minimum Gasteiger partial charge on any atom is -0.376 e. The van der Waals surface area contributed by atoms with Crippen molar-refractivity contribution in [2.75, 3.05) is 17.2 Å². The molecule has 0 radical (unpaired) electrons. The first-order chi connectivity index (χ1) is 14.0. The molecule has 0 atom stereocenters. The lowest BCUT2D eigenvalue weighted by Gasteiger charge is -2.10. The number of rotatable bonds is 7. The van der Waals surface area contributed by atoms with Crippen LogP contribution in [-0.4, -0.2) is 18.4 Å². The van der Waals surface area contributed by atoms with Gasteiger partial charge in [0.1, 0.15) is 0 Å². The van der Waals surface area contributed by atoms with Gasteiger partial charge in [0.15, 0.2) is 0 Å². The monoisotopic (exact) mass is 427 g/mol. The van der Waals surface area contributed by atoms with Crippen molar-refractivity contribution in [1.82, 2.24) is 5.32 Å². The van der Waals surface area contributed by atoms with E-state index in [0.29, 0.717) is 33.5 Å². The summed E-state index contributed by atoms with van der Waals surface area (Å²) in [5, 5.41) is 9.48. The molecule has 0 aliphatic heterocycles. The van der Waals surface area contributed by atoms with E-state index in [2.05, 4.69) is 16.0 Å². The molecular formula is C22H19Cl2N3O2. The molecule has 3 N–H and O–H groups in total. The first-order valence-electron chi connectivity index (χ1n) is 8.91. The van der Waals surface area contributed by atoms with E-state index in [1.807, 2.05) is 30.3 Å². The van der Waals surface area contributed by atoms with Crippen molar-refractivity contribution >= 4 is 46.4 Å². The average molecular weight is 428 g/mol. The Morgan fingerprint density at radius 1 is 0.793 bits per heavy atom. The zero-order valence-corrected chi connectivity index (χ0v) is 16.9. The summed E-state index contributed by atoms with van der Waals surface area (Å²) in [6.07, 6.45) is 0. The quantitative estimate of drug-likeness (QED) is 0.498. The number of amides is 2. The van der Waals surface area contributed by atoms with Crippen LogP contribution in [-0.2, 0) is 11.3 Å². The topological polar surface area (TPSA) is 70.2 Å². The summed E-state index contributed by atoms with van der Waals surface area (Å²) in [6.45, 7) is 0.473. The molecular weight excluding hydrogens is 409 g/mol. The molecule has 148 valence electrons. The van der Waals surface area contributed by atoms with Crippen molar-refractivity contribution < 1.29 is 9.59 Å². The minimum absolute atomic E-state index is 0.0270. The Kier molecular flexibility index (Phi) is 7.11. The summed E-state index contributed by atoms with van der Waals surface area (Å²) in [4.78, 5) is 24.5. The van der Waals surface area contributed by atoms with Crippen molar-refractivity contribution in [1.29, 1.82) is 0 Å². The van der Waals surface area contributed by atoms with E-state index in [0.717, 1.165) is 5.56 Å². The van der Waals surface area contributed by atoms with Crippen LogP contribution in [0.25, 0.3) is 0 Å². The third-order valence-electron chi connectivity index (χ3n) is 4.02. The van der Waals surface area contributed by atoms with E-state index < -0.39 is 0 Å². The Morgan fingerprint density at radius 3 is 2.24 bits per heavy atom. The molecule has 5 nitrogen and oxygen atoms in total. The predicted octanol–water partition coefficient (Wildman–Crippen LogP) is 4.97. The third kappa shape index (κ3) is 6.52. The van der Waals surface area contributed by atoms with Crippen molar-refractivity contribution in [3.63, 3.8) is 0 Å². The van der Waals surface area contributed by atoms with Crippen molar-refractivity contribution in [2.45, 2.75) is 6.54 Å². The highest BCUT2D eigenvalue weighted by Crippen LogP contribution is 2.22. The molecule has 0 fully saturated rings. The lowest BCUT2D eigenvalue weighted by atomic mass is 10.1. The van der Waals surface area contributed by atoms with Crippen LogP contribution in [0.4, 0.5) is 11.4 Å². The Labute approximate surface area is 179 Å². The number of hydrogen-bond acceptors (Lipinski definition) is 3. The molecule has 0 spiro atoms. The van der Waals surface area contributed by atoms with Crippen LogP contribution in [0.2, 0.25) is 10.0 Å². The molecule has 3 aromatic rings. The fraction of sp³-hybridized carbons (Fsp3) is 0.0909. The van der Waals surface area contributed by atoms with E-state index in [-0.39, 0.29) is 18.4 Å². The maximum Gasteiger partial charge on any atom is 0.251 e. The highest BCUT2D eigenvalue weighted by molar-refractivity contribution is 6.35. The Morgan fingerprint density at radius 2 is 1.52 bits per heavy atom. The molecule has 0 aromatic heterocycles. The molecule has 7 heteroatoms. The van der Waals surface area contributed by atoms with Crippen LogP contribution >= 0.6 is 23.2 Å². The smallest absolute Gasteiger partial charge is 0.251 e. The van der Waals surface area contributed by atoms with E-state index in [1.54, 1.807) is 42.5 Å². The van der Waals surface area contributed by atoms with Gasteiger partial charge in [0.05, 0.1) is 6.54 Å². The highest BCUT2D eigenvalue weighted by Gasteiger charge is 2.08. The van der Waals surface area contributed by atoms with Crippen LogP contribution in [0.1, 0.15) is 15.9 Å². The molecule has 3 rings (SSSR count). The average Bonchev–Trinajstić information content (AvgIpc) is 2.71. The summed E-state index contributed by atoms with van der Waals surface area (Å²) in [5.41, 5.74) is 2.71. The maximum atomic E-state index is 12.4. The van der Waals surface area contributed by atoms with Gasteiger partial charge < -0.3 is 16.0 Å². The van der Waals surface area contributed by atoms with Crippen molar-refractivity contribution in [2.24, 2.45) is 0 Å². The maximum absolute atomic E-state index is 12.4. The number of nitrogens with one attached hydrogen (secondary N) is 3. The van der Waals surface area contributed by atoms with Crippen LogP contribution in [0.5, 0.6) is 0 Å². The van der Waals surface area contributed by atoms with Gasteiger partial charge in [-0.15, -0.1) is 0 Å². The SMILES string of the molecule is O=C(CNc1cccc(C(=O)NCc2ccccc2)c1)Nc1cc(Cl)cc(Cl)c1. The molecule has 2 amide bonds. The van der Waals surface area contributed by atoms with E-state index in [4.69, 9.17) is 23.2 Å².